The first-order valence-electron chi connectivity index (χ1n) is 10.7. The molecule has 0 fully saturated rings. The number of esters is 1. The molecule has 0 aliphatic heterocycles. The van der Waals surface area contributed by atoms with E-state index in [2.05, 4.69) is 15.4 Å². The van der Waals surface area contributed by atoms with Crippen molar-refractivity contribution in [2.75, 3.05) is 11.9 Å². The van der Waals surface area contributed by atoms with Crippen LogP contribution in [0.25, 0.3) is 22.4 Å². The average Bonchev–Trinajstić information content (AvgIpc) is 2.86. The van der Waals surface area contributed by atoms with Crippen LogP contribution >= 0.6 is 0 Å². The molecule has 1 amide bonds. The second kappa shape index (κ2) is 9.91. The summed E-state index contributed by atoms with van der Waals surface area (Å²) >= 11 is 0. The fourth-order valence-electron chi connectivity index (χ4n) is 3.55. The number of carbonyl (C=O) groups excluding carboxylic acids is 2. The van der Waals surface area contributed by atoms with E-state index in [4.69, 9.17) is 4.74 Å². The summed E-state index contributed by atoms with van der Waals surface area (Å²) in [5, 5.41) is 7.13. The molecule has 4 rings (SSSR count). The molecule has 4 aromatic rings. The van der Waals surface area contributed by atoms with Gasteiger partial charge in [-0.2, -0.15) is 5.10 Å². The standard InChI is InChI=1S/C26H22N4O4/c1-3-34-26(33)19-14-15-27-20(16-19)28-24(31)22-21(17-10-6-4-7-11-17)23(29-30(2)25(22)32)18-12-8-5-9-13-18/h4-16H,3H2,1-2H3,(H,27,28,31). The van der Waals surface area contributed by atoms with Crippen molar-refractivity contribution in [1.29, 1.82) is 0 Å². The van der Waals surface area contributed by atoms with E-state index in [9.17, 15) is 14.4 Å². The molecule has 0 saturated carbocycles. The van der Waals surface area contributed by atoms with Gasteiger partial charge in [0.25, 0.3) is 11.5 Å². The molecule has 0 saturated heterocycles. The Morgan fingerprint density at radius 3 is 2.26 bits per heavy atom. The highest BCUT2D eigenvalue weighted by Gasteiger charge is 2.25. The van der Waals surface area contributed by atoms with Gasteiger partial charge in [-0.15, -0.1) is 0 Å². The van der Waals surface area contributed by atoms with Crippen LogP contribution in [-0.4, -0.2) is 33.2 Å². The second-order valence-corrected chi connectivity index (χ2v) is 7.36. The van der Waals surface area contributed by atoms with E-state index >= 15 is 0 Å². The number of rotatable bonds is 6. The minimum absolute atomic E-state index is 0.0779. The minimum Gasteiger partial charge on any atom is -0.462 e. The van der Waals surface area contributed by atoms with Gasteiger partial charge < -0.3 is 10.1 Å². The number of nitrogens with one attached hydrogen (secondary N) is 1. The molecule has 0 bridgehead atoms. The lowest BCUT2D eigenvalue weighted by molar-refractivity contribution is 0.0526. The van der Waals surface area contributed by atoms with E-state index in [1.54, 1.807) is 6.92 Å². The molecule has 0 aliphatic rings. The number of benzene rings is 2. The van der Waals surface area contributed by atoms with Crippen molar-refractivity contribution >= 4 is 17.7 Å². The van der Waals surface area contributed by atoms with Crippen LogP contribution in [0.4, 0.5) is 5.82 Å². The van der Waals surface area contributed by atoms with Gasteiger partial charge >= 0.3 is 5.97 Å². The summed E-state index contributed by atoms with van der Waals surface area (Å²) in [6.45, 7) is 1.93. The van der Waals surface area contributed by atoms with Gasteiger partial charge in [-0.05, 0) is 24.6 Å². The van der Waals surface area contributed by atoms with E-state index in [1.165, 1.54) is 25.4 Å². The molecular formula is C26H22N4O4. The molecule has 34 heavy (non-hydrogen) atoms. The maximum absolute atomic E-state index is 13.5. The van der Waals surface area contributed by atoms with Crippen LogP contribution < -0.4 is 10.9 Å². The summed E-state index contributed by atoms with van der Waals surface area (Å²) < 4.78 is 6.15. The van der Waals surface area contributed by atoms with Crippen LogP contribution in [-0.2, 0) is 11.8 Å². The Morgan fingerprint density at radius 1 is 0.971 bits per heavy atom. The largest absolute Gasteiger partial charge is 0.462 e. The SMILES string of the molecule is CCOC(=O)c1ccnc(NC(=O)c2c(-c3ccccc3)c(-c3ccccc3)nn(C)c2=O)c1. The van der Waals surface area contributed by atoms with E-state index in [0.717, 1.165) is 10.2 Å². The predicted octanol–water partition coefficient (Wildman–Crippen LogP) is 3.94. The lowest BCUT2D eigenvalue weighted by Gasteiger charge is -2.16. The topological polar surface area (TPSA) is 103 Å². The zero-order valence-corrected chi connectivity index (χ0v) is 18.7. The summed E-state index contributed by atoms with van der Waals surface area (Å²) in [4.78, 5) is 42.8. The fraction of sp³-hybridized carbons (Fsp3) is 0.115. The quantitative estimate of drug-likeness (QED) is 0.443. The number of ether oxygens (including phenoxy) is 1. The maximum atomic E-state index is 13.5. The van der Waals surface area contributed by atoms with Crippen LogP contribution in [0, 0.1) is 0 Å². The van der Waals surface area contributed by atoms with E-state index in [1.807, 2.05) is 60.7 Å². The summed E-state index contributed by atoms with van der Waals surface area (Å²) in [7, 11) is 1.50. The third-order valence-corrected chi connectivity index (χ3v) is 5.09. The highest BCUT2D eigenvalue weighted by atomic mass is 16.5. The Balaban J connectivity index is 1.86. The Morgan fingerprint density at radius 2 is 1.62 bits per heavy atom. The Bertz CT molecular complexity index is 1400. The highest BCUT2D eigenvalue weighted by Crippen LogP contribution is 2.32. The summed E-state index contributed by atoms with van der Waals surface area (Å²) in [6.07, 6.45) is 1.39. The van der Waals surface area contributed by atoms with Crippen molar-refractivity contribution in [3.63, 3.8) is 0 Å². The molecule has 0 atom stereocenters. The molecule has 2 aromatic heterocycles. The zero-order valence-electron chi connectivity index (χ0n) is 18.7. The third-order valence-electron chi connectivity index (χ3n) is 5.09. The summed E-state index contributed by atoms with van der Waals surface area (Å²) in [6, 6.07) is 21.4. The number of aryl methyl sites for hydroxylation is 1. The molecule has 8 nitrogen and oxygen atoms in total. The van der Waals surface area contributed by atoms with Crippen molar-refractivity contribution in [3.8, 4) is 22.4 Å². The van der Waals surface area contributed by atoms with Gasteiger partial charge in [0.2, 0.25) is 0 Å². The normalized spacial score (nSPS) is 10.5. The number of anilines is 1. The number of carbonyl (C=O) groups is 2. The van der Waals surface area contributed by atoms with E-state index < -0.39 is 17.4 Å². The number of amides is 1. The molecule has 0 radical (unpaired) electrons. The lowest BCUT2D eigenvalue weighted by Crippen LogP contribution is -2.31. The highest BCUT2D eigenvalue weighted by molar-refractivity contribution is 6.10. The number of hydrogen-bond donors (Lipinski definition) is 1. The third kappa shape index (κ3) is 4.61. The Kier molecular flexibility index (Phi) is 6.59. The van der Waals surface area contributed by atoms with Crippen LogP contribution in [0.15, 0.2) is 83.8 Å². The maximum Gasteiger partial charge on any atom is 0.338 e. The van der Waals surface area contributed by atoms with Crippen molar-refractivity contribution in [3.05, 3.63) is 100 Å². The smallest absolute Gasteiger partial charge is 0.338 e. The average molecular weight is 454 g/mol. The van der Waals surface area contributed by atoms with Crippen LogP contribution in [0.5, 0.6) is 0 Å². The van der Waals surface area contributed by atoms with Gasteiger partial charge in [-0.25, -0.2) is 14.5 Å². The van der Waals surface area contributed by atoms with Gasteiger partial charge in [0.05, 0.1) is 17.9 Å². The monoisotopic (exact) mass is 454 g/mol. The van der Waals surface area contributed by atoms with Gasteiger partial charge in [-0.3, -0.25) is 9.59 Å². The molecule has 0 aliphatic carbocycles. The molecule has 2 aromatic carbocycles. The second-order valence-electron chi connectivity index (χ2n) is 7.36. The fourth-order valence-corrected chi connectivity index (χ4v) is 3.55. The van der Waals surface area contributed by atoms with Crippen molar-refractivity contribution < 1.29 is 14.3 Å². The van der Waals surface area contributed by atoms with Crippen molar-refractivity contribution in [2.24, 2.45) is 7.05 Å². The summed E-state index contributed by atoms with van der Waals surface area (Å²) in [5.74, 6) is -1.07. The molecular weight excluding hydrogens is 432 g/mol. The summed E-state index contributed by atoms with van der Waals surface area (Å²) in [5.41, 5.74) is 1.94. The molecule has 0 unspecified atom stereocenters. The number of pyridine rings is 1. The van der Waals surface area contributed by atoms with Crippen molar-refractivity contribution in [1.82, 2.24) is 14.8 Å². The van der Waals surface area contributed by atoms with E-state index in [0.29, 0.717) is 16.8 Å². The van der Waals surface area contributed by atoms with Crippen LogP contribution in [0.3, 0.4) is 0 Å². The minimum atomic E-state index is -0.660. The van der Waals surface area contributed by atoms with Gasteiger partial charge in [-0.1, -0.05) is 60.7 Å². The van der Waals surface area contributed by atoms with Gasteiger partial charge in [0, 0.05) is 24.4 Å². The molecule has 2 heterocycles. The first-order chi connectivity index (χ1) is 16.5. The van der Waals surface area contributed by atoms with Crippen molar-refractivity contribution in [2.45, 2.75) is 6.92 Å². The molecule has 8 heteroatoms. The van der Waals surface area contributed by atoms with Gasteiger partial charge in [0.15, 0.2) is 0 Å². The number of aromatic nitrogens is 3. The molecule has 1 N–H and O–H groups in total. The number of nitrogens with zero attached hydrogens (tertiary/aromatic N) is 3. The molecule has 0 spiro atoms. The zero-order chi connectivity index (χ0) is 24.1. The first-order valence-corrected chi connectivity index (χ1v) is 10.7. The lowest BCUT2D eigenvalue weighted by atomic mass is 9.95. The number of hydrogen-bond acceptors (Lipinski definition) is 6. The van der Waals surface area contributed by atoms with Gasteiger partial charge in [0.1, 0.15) is 11.4 Å². The first kappa shape index (κ1) is 22.6. The predicted molar refractivity (Wildman–Crippen MR) is 128 cm³/mol. The van der Waals surface area contributed by atoms with Crippen LogP contribution in [0.1, 0.15) is 27.6 Å². The Hall–Kier alpha value is -4.59. The Labute approximate surface area is 195 Å². The molecule has 170 valence electrons. The van der Waals surface area contributed by atoms with Crippen LogP contribution in [0.2, 0.25) is 0 Å². The van der Waals surface area contributed by atoms with E-state index in [-0.39, 0.29) is 23.6 Å².